The topological polar surface area (TPSA) is 9.23 Å². The van der Waals surface area contributed by atoms with Crippen LogP contribution < -0.4 is 0 Å². The first-order valence-corrected chi connectivity index (χ1v) is 5.24. The molecule has 0 saturated heterocycles. The van der Waals surface area contributed by atoms with Crippen LogP contribution in [0.1, 0.15) is 18.9 Å². The molecule has 0 atom stereocenters. The molecule has 1 heteroatoms. The normalized spacial score (nSPS) is 11.4. The van der Waals surface area contributed by atoms with Gasteiger partial charge in [0.05, 0.1) is 13.2 Å². The Bertz CT molecular complexity index is 311. The lowest BCUT2D eigenvalue weighted by Crippen LogP contribution is -1.94. The maximum atomic E-state index is 5.54. The van der Waals surface area contributed by atoms with Gasteiger partial charge in [-0.1, -0.05) is 54.6 Å². The predicted octanol–water partition coefficient (Wildman–Crippen LogP) is 3.73. The second-order valence-electron chi connectivity index (χ2n) is 3.48. The molecule has 0 N–H and O–H groups in total. The van der Waals surface area contributed by atoms with Crippen molar-refractivity contribution >= 4 is 0 Å². The van der Waals surface area contributed by atoms with E-state index in [1.165, 1.54) is 11.1 Å². The molecule has 0 unspecified atom stereocenters. The maximum Gasteiger partial charge on any atom is 0.0717 e. The van der Waals surface area contributed by atoms with Crippen molar-refractivity contribution in [2.75, 3.05) is 6.61 Å². The zero-order valence-electron chi connectivity index (χ0n) is 9.28. The van der Waals surface area contributed by atoms with Gasteiger partial charge in [0.15, 0.2) is 0 Å². The van der Waals surface area contributed by atoms with Crippen molar-refractivity contribution in [3.8, 4) is 0 Å². The first kappa shape index (κ1) is 11.7. The first-order chi connectivity index (χ1) is 7.33. The molecule has 1 aromatic rings. The summed E-state index contributed by atoms with van der Waals surface area (Å²) < 4.78 is 5.54. The van der Waals surface area contributed by atoms with Crippen molar-refractivity contribution in [3.63, 3.8) is 0 Å². The van der Waals surface area contributed by atoms with E-state index >= 15 is 0 Å². The number of rotatable bonds is 6. The van der Waals surface area contributed by atoms with Crippen LogP contribution in [0.25, 0.3) is 0 Å². The minimum Gasteiger partial charge on any atom is -0.376 e. The van der Waals surface area contributed by atoms with E-state index in [2.05, 4.69) is 24.8 Å². The summed E-state index contributed by atoms with van der Waals surface area (Å²) in [6, 6.07) is 10.2. The van der Waals surface area contributed by atoms with E-state index in [1.807, 2.05) is 31.2 Å². The smallest absolute Gasteiger partial charge is 0.0717 e. The van der Waals surface area contributed by atoms with Crippen LogP contribution >= 0.6 is 0 Å². The van der Waals surface area contributed by atoms with Crippen molar-refractivity contribution in [2.24, 2.45) is 0 Å². The first-order valence-electron chi connectivity index (χ1n) is 5.24. The van der Waals surface area contributed by atoms with E-state index in [1.54, 1.807) is 0 Å². The summed E-state index contributed by atoms with van der Waals surface area (Å²) in [5.41, 5.74) is 2.43. The van der Waals surface area contributed by atoms with Gasteiger partial charge in [0, 0.05) is 0 Å². The third-order valence-electron chi connectivity index (χ3n) is 2.16. The van der Waals surface area contributed by atoms with Gasteiger partial charge in [-0.3, -0.25) is 0 Å². The van der Waals surface area contributed by atoms with Gasteiger partial charge in [0.1, 0.15) is 0 Å². The molecule has 0 aliphatic carbocycles. The average molecular weight is 202 g/mol. The highest BCUT2D eigenvalue weighted by molar-refractivity contribution is 5.13. The zero-order chi connectivity index (χ0) is 10.9. The molecule has 0 heterocycles. The van der Waals surface area contributed by atoms with E-state index in [4.69, 9.17) is 4.74 Å². The third-order valence-corrected chi connectivity index (χ3v) is 2.16. The molecule has 0 aliphatic rings. The lowest BCUT2D eigenvalue weighted by atomic mass is 10.2. The molecule has 0 saturated carbocycles. The Balaban J connectivity index is 2.15. The molecule has 80 valence electrons. The molecule has 0 amide bonds. The average Bonchev–Trinajstić information content (AvgIpc) is 2.29. The van der Waals surface area contributed by atoms with Crippen molar-refractivity contribution in [1.29, 1.82) is 0 Å². The summed E-state index contributed by atoms with van der Waals surface area (Å²) in [5.74, 6) is 0. The number of benzene rings is 1. The molecule has 0 aromatic heterocycles. The van der Waals surface area contributed by atoms with Gasteiger partial charge < -0.3 is 4.74 Å². The van der Waals surface area contributed by atoms with Gasteiger partial charge in [-0.2, -0.15) is 0 Å². The van der Waals surface area contributed by atoms with Crippen LogP contribution in [0.3, 0.4) is 0 Å². The second kappa shape index (κ2) is 7.02. The van der Waals surface area contributed by atoms with Crippen molar-refractivity contribution < 1.29 is 4.74 Å². The highest BCUT2D eigenvalue weighted by Crippen LogP contribution is 2.02. The van der Waals surface area contributed by atoms with Crippen LogP contribution in [-0.2, 0) is 11.3 Å². The fourth-order valence-electron chi connectivity index (χ4n) is 1.22. The summed E-state index contributed by atoms with van der Waals surface area (Å²) in [4.78, 5) is 0. The minimum atomic E-state index is 0.696. The van der Waals surface area contributed by atoms with E-state index in [0.29, 0.717) is 6.61 Å². The van der Waals surface area contributed by atoms with Crippen molar-refractivity contribution in [1.82, 2.24) is 0 Å². The van der Waals surface area contributed by atoms with Crippen molar-refractivity contribution in [3.05, 3.63) is 60.2 Å². The van der Waals surface area contributed by atoms with Gasteiger partial charge >= 0.3 is 0 Å². The molecule has 0 bridgehead atoms. The van der Waals surface area contributed by atoms with E-state index in [9.17, 15) is 0 Å². The summed E-state index contributed by atoms with van der Waals surface area (Å²) in [6.07, 6.45) is 4.94. The molecule has 1 aromatic carbocycles. The van der Waals surface area contributed by atoms with Crippen LogP contribution in [-0.4, -0.2) is 6.61 Å². The summed E-state index contributed by atoms with van der Waals surface area (Å²) in [6.45, 7) is 7.20. The highest BCUT2D eigenvalue weighted by Gasteiger charge is 1.90. The molecule has 1 nitrogen and oxygen atoms in total. The minimum absolute atomic E-state index is 0.696. The van der Waals surface area contributed by atoms with E-state index < -0.39 is 0 Å². The van der Waals surface area contributed by atoms with Gasteiger partial charge in [0.25, 0.3) is 0 Å². The Kier molecular flexibility index (Phi) is 5.49. The Morgan fingerprint density at radius 2 is 2.07 bits per heavy atom. The lowest BCUT2D eigenvalue weighted by molar-refractivity contribution is 0.125. The second-order valence-corrected chi connectivity index (χ2v) is 3.48. The highest BCUT2D eigenvalue weighted by atomic mass is 16.5. The van der Waals surface area contributed by atoms with Gasteiger partial charge in [0.2, 0.25) is 0 Å². The molecular formula is C14H18O. The number of hydrogen-bond acceptors (Lipinski definition) is 1. The predicted molar refractivity (Wildman–Crippen MR) is 64.7 cm³/mol. The molecule has 0 spiro atoms. The largest absolute Gasteiger partial charge is 0.376 e. The molecule has 0 radical (unpaired) electrons. The Morgan fingerprint density at radius 1 is 1.33 bits per heavy atom. The standard InChI is InChI=1S/C14H18O/c1-3-13(2)8-7-11-15-12-14-9-5-4-6-10-14/h3-6,8-10H,1,7,11-12H2,2H3/b13-8+. The summed E-state index contributed by atoms with van der Waals surface area (Å²) in [7, 11) is 0. The monoisotopic (exact) mass is 202 g/mol. The Labute approximate surface area is 92.1 Å². The molecule has 1 rings (SSSR count). The quantitative estimate of drug-likeness (QED) is 0.504. The van der Waals surface area contributed by atoms with E-state index in [0.717, 1.165) is 13.0 Å². The van der Waals surface area contributed by atoms with Crippen LogP contribution in [0.4, 0.5) is 0 Å². The lowest BCUT2D eigenvalue weighted by Gasteiger charge is -2.02. The third kappa shape index (κ3) is 5.18. The molecule has 0 fully saturated rings. The summed E-state index contributed by atoms with van der Waals surface area (Å²) in [5, 5.41) is 0. The molecule has 0 aliphatic heterocycles. The summed E-state index contributed by atoms with van der Waals surface area (Å²) >= 11 is 0. The van der Waals surface area contributed by atoms with Crippen LogP contribution in [0.15, 0.2) is 54.6 Å². The van der Waals surface area contributed by atoms with Crippen LogP contribution in [0.2, 0.25) is 0 Å². The fraction of sp³-hybridized carbons (Fsp3) is 0.286. The number of hydrogen-bond donors (Lipinski definition) is 0. The van der Waals surface area contributed by atoms with E-state index in [-0.39, 0.29) is 0 Å². The van der Waals surface area contributed by atoms with Gasteiger partial charge in [-0.25, -0.2) is 0 Å². The van der Waals surface area contributed by atoms with Crippen molar-refractivity contribution in [2.45, 2.75) is 20.0 Å². The molecular weight excluding hydrogens is 184 g/mol. The van der Waals surface area contributed by atoms with Crippen LogP contribution in [0.5, 0.6) is 0 Å². The number of ether oxygens (including phenoxy) is 1. The zero-order valence-corrected chi connectivity index (χ0v) is 9.28. The number of allylic oxidation sites excluding steroid dienone is 2. The van der Waals surface area contributed by atoms with Gasteiger partial charge in [-0.15, -0.1) is 0 Å². The Morgan fingerprint density at radius 3 is 2.73 bits per heavy atom. The van der Waals surface area contributed by atoms with Crippen LogP contribution in [0, 0.1) is 0 Å². The Hall–Kier alpha value is -1.34. The van der Waals surface area contributed by atoms with Gasteiger partial charge in [-0.05, 0) is 18.9 Å². The fourth-order valence-corrected chi connectivity index (χ4v) is 1.22. The maximum absolute atomic E-state index is 5.54. The SMILES string of the molecule is C=C/C(C)=C/CCOCc1ccccc1. The molecule has 15 heavy (non-hydrogen) atoms.